The number of rotatable bonds is 6. The van der Waals surface area contributed by atoms with Crippen LogP contribution < -0.4 is 4.74 Å². The highest BCUT2D eigenvalue weighted by Crippen LogP contribution is 2.26. The zero-order valence-electron chi connectivity index (χ0n) is 11.7. The van der Waals surface area contributed by atoms with Crippen molar-refractivity contribution >= 4 is 11.3 Å². The van der Waals surface area contributed by atoms with Crippen molar-refractivity contribution in [2.24, 2.45) is 0 Å². The third kappa shape index (κ3) is 3.78. The molecule has 0 unspecified atom stereocenters. The van der Waals surface area contributed by atoms with Crippen molar-refractivity contribution in [1.29, 1.82) is 0 Å². The van der Waals surface area contributed by atoms with E-state index in [0.29, 0.717) is 6.61 Å². The van der Waals surface area contributed by atoms with E-state index in [1.165, 1.54) is 0 Å². The molecule has 1 heterocycles. The summed E-state index contributed by atoms with van der Waals surface area (Å²) < 4.78 is 5.45. The van der Waals surface area contributed by atoms with Crippen LogP contribution in [0.15, 0.2) is 29.6 Å². The van der Waals surface area contributed by atoms with Crippen LogP contribution in [0.5, 0.6) is 5.75 Å². The van der Waals surface area contributed by atoms with Crippen LogP contribution >= 0.6 is 11.3 Å². The summed E-state index contributed by atoms with van der Waals surface area (Å²) in [5, 5.41) is 3.21. The van der Waals surface area contributed by atoms with Gasteiger partial charge in [-0.15, -0.1) is 11.3 Å². The summed E-state index contributed by atoms with van der Waals surface area (Å²) in [5.41, 5.74) is 2.29. The highest BCUT2D eigenvalue weighted by molar-refractivity contribution is 7.13. The molecule has 0 saturated carbocycles. The van der Waals surface area contributed by atoms with E-state index in [1.807, 2.05) is 19.1 Å². The first-order valence-corrected chi connectivity index (χ1v) is 7.47. The van der Waals surface area contributed by atoms with Crippen molar-refractivity contribution in [3.05, 3.63) is 35.3 Å². The topological polar surface area (TPSA) is 25.4 Å². The van der Waals surface area contributed by atoms with Crippen LogP contribution in [-0.2, 0) is 6.54 Å². The van der Waals surface area contributed by atoms with E-state index in [-0.39, 0.29) is 0 Å². The van der Waals surface area contributed by atoms with E-state index < -0.39 is 0 Å². The Hall–Kier alpha value is -1.39. The van der Waals surface area contributed by atoms with Gasteiger partial charge in [0.2, 0.25) is 0 Å². The van der Waals surface area contributed by atoms with Crippen LogP contribution in [0.3, 0.4) is 0 Å². The first-order valence-electron chi connectivity index (χ1n) is 6.59. The number of benzene rings is 1. The van der Waals surface area contributed by atoms with Crippen molar-refractivity contribution in [2.45, 2.75) is 20.4 Å². The Morgan fingerprint density at radius 3 is 2.58 bits per heavy atom. The van der Waals surface area contributed by atoms with Crippen LogP contribution in [0.2, 0.25) is 0 Å². The van der Waals surface area contributed by atoms with Gasteiger partial charge in [-0.05, 0) is 44.8 Å². The summed E-state index contributed by atoms with van der Waals surface area (Å²) >= 11 is 1.70. The predicted octanol–water partition coefficient (Wildman–Crippen LogP) is 3.66. The van der Waals surface area contributed by atoms with Gasteiger partial charge in [0.1, 0.15) is 10.8 Å². The highest BCUT2D eigenvalue weighted by atomic mass is 32.1. The van der Waals surface area contributed by atoms with Gasteiger partial charge in [0.05, 0.1) is 12.3 Å². The molecule has 0 N–H and O–H groups in total. The molecule has 4 heteroatoms. The smallest absolute Gasteiger partial charge is 0.123 e. The largest absolute Gasteiger partial charge is 0.494 e. The lowest BCUT2D eigenvalue weighted by Crippen LogP contribution is -2.16. The van der Waals surface area contributed by atoms with E-state index in [9.17, 15) is 0 Å². The fourth-order valence-corrected chi connectivity index (χ4v) is 2.58. The van der Waals surface area contributed by atoms with Gasteiger partial charge in [-0.3, -0.25) is 0 Å². The monoisotopic (exact) mass is 276 g/mol. The maximum absolute atomic E-state index is 5.45. The van der Waals surface area contributed by atoms with E-state index in [2.05, 4.69) is 41.4 Å². The van der Waals surface area contributed by atoms with E-state index in [1.54, 1.807) is 11.3 Å². The van der Waals surface area contributed by atoms with Crippen LogP contribution in [0.1, 0.15) is 19.5 Å². The second-order valence-corrected chi connectivity index (χ2v) is 5.29. The number of hydrogen-bond donors (Lipinski definition) is 0. The third-order valence-corrected chi connectivity index (χ3v) is 3.88. The zero-order valence-corrected chi connectivity index (χ0v) is 12.5. The molecular formula is C15H20N2OS. The zero-order chi connectivity index (χ0) is 13.7. The fraction of sp³-hybridized carbons (Fsp3) is 0.400. The molecule has 0 radical (unpaired) electrons. The summed E-state index contributed by atoms with van der Waals surface area (Å²) in [4.78, 5) is 6.93. The second-order valence-electron chi connectivity index (χ2n) is 4.43. The third-order valence-electron chi connectivity index (χ3n) is 2.94. The Morgan fingerprint density at radius 1 is 1.21 bits per heavy atom. The average molecular weight is 276 g/mol. The lowest BCUT2D eigenvalue weighted by molar-refractivity contribution is 0.340. The molecule has 19 heavy (non-hydrogen) atoms. The molecule has 0 amide bonds. The number of hydrogen-bond acceptors (Lipinski definition) is 4. The quantitative estimate of drug-likeness (QED) is 0.805. The van der Waals surface area contributed by atoms with Gasteiger partial charge in [0, 0.05) is 17.5 Å². The van der Waals surface area contributed by atoms with Crippen molar-refractivity contribution in [1.82, 2.24) is 9.88 Å². The van der Waals surface area contributed by atoms with Gasteiger partial charge in [-0.25, -0.2) is 4.98 Å². The molecule has 0 spiro atoms. The van der Waals surface area contributed by atoms with E-state index in [0.717, 1.165) is 35.1 Å². The van der Waals surface area contributed by atoms with Gasteiger partial charge in [-0.1, -0.05) is 6.92 Å². The van der Waals surface area contributed by atoms with Crippen molar-refractivity contribution < 1.29 is 4.74 Å². The molecule has 0 saturated heterocycles. The van der Waals surface area contributed by atoms with Gasteiger partial charge in [0.15, 0.2) is 0 Å². The SMILES string of the molecule is CCOc1ccc(-c2nc(CN(C)CC)cs2)cc1. The summed E-state index contributed by atoms with van der Waals surface area (Å²) in [6.45, 7) is 6.79. The summed E-state index contributed by atoms with van der Waals surface area (Å²) in [5.74, 6) is 0.911. The molecule has 2 rings (SSSR count). The average Bonchev–Trinajstić information content (AvgIpc) is 2.88. The first-order chi connectivity index (χ1) is 9.22. The molecule has 0 fully saturated rings. The minimum Gasteiger partial charge on any atom is -0.494 e. The molecule has 1 aromatic carbocycles. The minimum absolute atomic E-state index is 0.699. The van der Waals surface area contributed by atoms with E-state index >= 15 is 0 Å². The fourth-order valence-electron chi connectivity index (χ4n) is 1.76. The molecule has 2 aromatic rings. The molecule has 102 valence electrons. The van der Waals surface area contributed by atoms with Crippen molar-refractivity contribution in [3.8, 4) is 16.3 Å². The normalized spacial score (nSPS) is 10.9. The molecule has 0 aliphatic carbocycles. The Balaban J connectivity index is 2.09. The maximum atomic E-state index is 5.45. The molecular weight excluding hydrogens is 256 g/mol. The van der Waals surface area contributed by atoms with Gasteiger partial charge in [-0.2, -0.15) is 0 Å². The van der Waals surface area contributed by atoms with Crippen LogP contribution in [-0.4, -0.2) is 30.1 Å². The standard InChI is InChI=1S/C15H20N2OS/c1-4-17(3)10-13-11-19-15(16-13)12-6-8-14(9-7-12)18-5-2/h6-9,11H,4-5,10H2,1-3H3. The maximum Gasteiger partial charge on any atom is 0.123 e. The lowest BCUT2D eigenvalue weighted by atomic mass is 10.2. The Kier molecular flexibility index (Phi) is 4.93. The second kappa shape index (κ2) is 6.68. The number of nitrogens with zero attached hydrogens (tertiary/aromatic N) is 2. The summed E-state index contributed by atoms with van der Waals surface area (Å²) in [7, 11) is 2.11. The van der Waals surface area contributed by atoms with Gasteiger partial charge < -0.3 is 9.64 Å². The Bertz CT molecular complexity index is 507. The molecule has 3 nitrogen and oxygen atoms in total. The van der Waals surface area contributed by atoms with Crippen LogP contribution in [0.4, 0.5) is 0 Å². The summed E-state index contributed by atoms with van der Waals surface area (Å²) in [6, 6.07) is 8.13. The predicted molar refractivity (Wildman–Crippen MR) is 80.7 cm³/mol. The lowest BCUT2D eigenvalue weighted by Gasteiger charge is -2.10. The number of ether oxygens (including phenoxy) is 1. The Labute approximate surface area is 118 Å². The minimum atomic E-state index is 0.699. The number of thiazole rings is 1. The summed E-state index contributed by atoms with van der Waals surface area (Å²) in [6.07, 6.45) is 0. The molecule has 0 atom stereocenters. The van der Waals surface area contributed by atoms with Gasteiger partial charge >= 0.3 is 0 Å². The van der Waals surface area contributed by atoms with Crippen molar-refractivity contribution in [2.75, 3.05) is 20.2 Å². The van der Waals surface area contributed by atoms with E-state index in [4.69, 9.17) is 4.74 Å². The number of aromatic nitrogens is 1. The molecule has 0 aliphatic heterocycles. The van der Waals surface area contributed by atoms with Crippen LogP contribution in [0.25, 0.3) is 10.6 Å². The molecule has 0 aliphatic rings. The molecule has 0 bridgehead atoms. The van der Waals surface area contributed by atoms with Crippen LogP contribution in [0, 0.1) is 0 Å². The Morgan fingerprint density at radius 2 is 1.95 bits per heavy atom. The highest BCUT2D eigenvalue weighted by Gasteiger charge is 2.06. The first kappa shape index (κ1) is 14.0. The van der Waals surface area contributed by atoms with Crippen molar-refractivity contribution in [3.63, 3.8) is 0 Å². The van der Waals surface area contributed by atoms with Gasteiger partial charge in [0.25, 0.3) is 0 Å². The molecule has 1 aromatic heterocycles.